The fourth-order valence-corrected chi connectivity index (χ4v) is 5.53. The Balaban J connectivity index is 1.33. The lowest BCUT2D eigenvalue weighted by Crippen LogP contribution is -2.25. The van der Waals surface area contributed by atoms with Crippen molar-refractivity contribution in [1.82, 2.24) is 0 Å². The summed E-state index contributed by atoms with van der Waals surface area (Å²) in [4.78, 5) is 25.6. The van der Waals surface area contributed by atoms with Crippen molar-refractivity contribution in [1.29, 1.82) is 0 Å². The molecule has 3 aromatic rings. The second-order valence-corrected chi connectivity index (χ2v) is 12.3. The van der Waals surface area contributed by atoms with Crippen LogP contribution in [0.4, 0.5) is 11.4 Å². The SMILES string of the molecule is CCCCCC1CCC(C(=O)Oc2ccc(N=Nc3ccc(OC(=O)c4ccc(OCCCC)cc4)cc3OCCCC)cc2)CC1. The molecule has 0 aliphatic heterocycles. The molecule has 1 saturated carbocycles. The monoisotopic (exact) mass is 642 g/mol. The molecule has 0 amide bonds. The molecule has 0 N–H and O–H groups in total. The van der Waals surface area contributed by atoms with Gasteiger partial charge in [0, 0.05) is 6.07 Å². The van der Waals surface area contributed by atoms with Crippen molar-refractivity contribution >= 4 is 23.3 Å². The summed E-state index contributed by atoms with van der Waals surface area (Å²) in [6.45, 7) is 7.57. The normalized spacial score (nSPS) is 16.1. The van der Waals surface area contributed by atoms with Crippen molar-refractivity contribution in [3.63, 3.8) is 0 Å². The Hall–Kier alpha value is -4.20. The third kappa shape index (κ3) is 11.8. The van der Waals surface area contributed by atoms with E-state index in [1.54, 1.807) is 66.7 Å². The Kier molecular flexibility index (Phi) is 14.8. The van der Waals surface area contributed by atoms with Gasteiger partial charge in [-0.15, -0.1) is 5.11 Å². The molecule has 0 saturated heterocycles. The van der Waals surface area contributed by atoms with Crippen molar-refractivity contribution in [2.75, 3.05) is 13.2 Å². The smallest absolute Gasteiger partial charge is 0.343 e. The number of azo groups is 1. The summed E-state index contributed by atoms with van der Waals surface area (Å²) in [6, 6.07) is 19.0. The maximum atomic E-state index is 12.8. The van der Waals surface area contributed by atoms with Gasteiger partial charge in [-0.3, -0.25) is 4.79 Å². The molecular formula is C39H50N2O6. The van der Waals surface area contributed by atoms with E-state index < -0.39 is 5.97 Å². The number of rotatable bonds is 18. The van der Waals surface area contributed by atoms with Crippen LogP contribution >= 0.6 is 0 Å². The molecule has 8 nitrogen and oxygen atoms in total. The molecule has 0 bridgehead atoms. The van der Waals surface area contributed by atoms with Crippen LogP contribution in [0.15, 0.2) is 77.0 Å². The van der Waals surface area contributed by atoms with E-state index >= 15 is 0 Å². The minimum atomic E-state index is -0.477. The van der Waals surface area contributed by atoms with E-state index in [0.29, 0.717) is 47.4 Å². The van der Waals surface area contributed by atoms with Gasteiger partial charge in [0.15, 0.2) is 5.75 Å². The van der Waals surface area contributed by atoms with Crippen LogP contribution in [0.5, 0.6) is 23.0 Å². The molecule has 0 radical (unpaired) electrons. The summed E-state index contributed by atoms with van der Waals surface area (Å²) in [5, 5.41) is 8.78. The van der Waals surface area contributed by atoms with Crippen LogP contribution in [0.2, 0.25) is 0 Å². The predicted octanol–water partition coefficient (Wildman–Crippen LogP) is 11.0. The van der Waals surface area contributed by atoms with E-state index in [0.717, 1.165) is 63.0 Å². The summed E-state index contributed by atoms with van der Waals surface area (Å²) < 4.78 is 23.0. The standard InChI is InChI=1S/C39H50N2O6/c1-4-7-10-11-29-12-14-30(15-13-29)38(42)46-34-22-18-32(19-23-34)40-41-36-25-24-35(28-37(36)45-27-9-6-3)47-39(43)31-16-20-33(21-17-31)44-26-8-5-2/h16-25,28-30H,4-15,26-27H2,1-3H3. The van der Waals surface area contributed by atoms with Crippen LogP contribution in [0.1, 0.15) is 108 Å². The van der Waals surface area contributed by atoms with E-state index in [4.69, 9.17) is 18.9 Å². The largest absolute Gasteiger partial charge is 0.494 e. The van der Waals surface area contributed by atoms with Gasteiger partial charge in [-0.25, -0.2) is 4.79 Å². The minimum absolute atomic E-state index is 0.0272. The van der Waals surface area contributed by atoms with Crippen LogP contribution in [0.25, 0.3) is 0 Å². The number of unbranched alkanes of at least 4 members (excludes halogenated alkanes) is 4. The lowest BCUT2D eigenvalue weighted by atomic mass is 9.80. The number of carbonyl (C=O) groups is 2. The highest BCUT2D eigenvalue weighted by Crippen LogP contribution is 2.35. The first-order valence-corrected chi connectivity index (χ1v) is 17.4. The van der Waals surface area contributed by atoms with Gasteiger partial charge in [-0.1, -0.05) is 59.3 Å². The predicted molar refractivity (Wildman–Crippen MR) is 184 cm³/mol. The number of benzene rings is 3. The van der Waals surface area contributed by atoms with Gasteiger partial charge in [-0.2, -0.15) is 5.11 Å². The average Bonchev–Trinajstić information content (AvgIpc) is 3.09. The second-order valence-electron chi connectivity index (χ2n) is 12.3. The Bertz CT molecular complexity index is 1410. The summed E-state index contributed by atoms with van der Waals surface area (Å²) in [5.41, 5.74) is 1.54. The zero-order chi connectivity index (χ0) is 33.3. The summed E-state index contributed by atoms with van der Waals surface area (Å²) >= 11 is 0. The number of ether oxygens (including phenoxy) is 4. The van der Waals surface area contributed by atoms with Gasteiger partial charge in [-0.05, 0) is 105 Å². The van der Waals surface area contributed by atoms with E-state index in [-0.39, 0.29) is 11.9 Å². The van der Waals surface area contributed by atoms with Crippen molar-refractivity contribution in [2.24, 2.45) is 22.1 Å². The zero-order valence-corrected chi connectivity index (χ0v) is 28.2. The maximum Gasteiger partial charge on any atom is 0.343 e. The molecule has 0 spiro atoms. The summed E-state index contributed by atoms with van der Waals surface area (Å²) in [6.07, 6.45) is 13.0. The Labute approximate surface area is 279 Å². The Morgan fingerprint density at radius 3 is 1.98 bits per heavy atom. The number of esters is 2. The molecule has 47 heavy (non-hydrogen) atoms. The van der Waals surface area contributed by atoms with E-state index in [1.165, 1.54) is 25.7 Å². The van der Waals surface area contributed by atoms with Gasteiger partial charge in [0.2, 0.25) is 0 Å². The number of carbonyl (C=O) groups excluding carboxylic acids is 2. The van der Waals surface area contributed by atoms with E-state index in [2.05, 4.69) is 31.0 Å². The molecule has 0 aromatic heterocycles. The van der Waals surface area contributed by atoms with Gasteiger partial charge in [0.25, 0.3) is 0 Å². The summed E-state index contributed by atoms with van der Waals surface area (Å²) in [5.74, 6) is 2.14. The van der Waals surface area contributed by atoms with Crippen molar-refractivity contribution in [2.45, 2.75) is 97.8 Å². The van der Waals surface area contributed by atoms with Gasteiger partial charge < -0.3 is 18.9 Å². The average molecular weight is 643 g/mol. The van der Waals surface area contributed by atoms with Crippen LogP contribution in [-0.2, 0) is 4.79 Å². The topological polar surface area (TPSA) is 95.8 Å². The lowest BCUT2D eigenvalue weighted by Gasteiger charge is -2.27. The first kappa shape index (κ1) is 35.7. The van der Waals surface area contributed by atoms with Crippen LogP contribution in [-0.4, -0.2) is 25.2 Å². The molecule has 252 valence electrons. The van der Waals surface area contributed by atoms with Crippen molar-refractivity contribution < 1.29 is 28.5 Å². The minimum Gasteiger partial charge on any atom is -0.494 e. The first-order chi connectivity index (χ1) is 23.0. The van der Waals surface area contributed by atoms with E-state index in [9.17, 15) is 9.59 Å². The Morgan fingerprint density at radius 2 is 1.30 bits per heavy atom. The van der Waals surface area contributed by atoms with Crippen LogP contribution in [0.3, 0.4) is 0 Å². The highest BCUT2D eigenvalue weighted by atomic mass is 16.5. The molecule has 0 unspecified atom stereocenters. The highest BCUT2D eigenvalue weighted by molar-refractivity contribution is 5.91. The Morgan fingerprint density at radius 1 is 0.660 bits per heavy atom. The quantitative estimate of drug-likeness (QED) is 0.0593. The molecule has 4 rings (SSSR count). The van der Waals surface area contributed by atoms with Crippen molar-refractivity contribution in [3.05, 3.63) is 72.3 Å². The fraction of sp³-hybridized carbons (Fsp3) is 0.487. The van der Waals surface area contributed by atoms with Gasteiger partial charge in [0.05, 0.1) is 30.4 Å². The molecule has 3 aromatic carbocycles. The van der Waals surface area contributed by atoms with E-state index in [1.807, 2.05) is 0 Å². The third-order valence-corrected chi connectivity index (χ3v) is 8.48. The molecule has 0 atom stereocenters. The van der Waals surface area contributed by atoms with Gasteiger partial charge >= 0.3 is 11.9 Å². The molecular weight excluding hydrogens is 592 g/mol. The summed E-state index contributed by atoms with van der Waals surface area (Å²) in [7, 11) is 0. The first-order valence-electron chi connectivity index (χ1n) is 17.4. The number of nitrogens with zero attached hydrogens (tertiary/aromatic N) is 2. The maximum absolute atomic E-state index is 12.8. The molecule has 1 fully saturated rings. The molecule has 0 heterocycles. The number of hydrogen-bond acceptors (Lipinski definition) is 8. The molecule has 1 aliphatic carbocycles. The molecule has 1 aliphatic rings. The second kappa shape index (κ2) is 19.5. The highest BCUT2D eigenvalue weighted by Gasteiger charge is 2.27. The molecule has 8 heteroatoms. The van der Waals surface area contributed by atoms with Gasteiger partial charge in [0.1, 0.15) is 22.9 Å². The van der Waals surface area contributed by atoms with Crippen LogP contribution < -0.4 is 18.9 Å². The lowest BCUT2D eigenvalue weighted by molar-refractivity contribution is -0.140. The fourth-order valence-electron chi connectivity index (χ4n) is 5.53. The number of hydrogen-bond donors (Lipinski definition) is 0. The van der Waals surface area contributed by atoms with Crippen molar-refractivity contribution in [3.8, 4) is 23.0 Å². The third-order valence-electron chi connectivity index (χ3n) is 8.48. The van der Waals surface area contributed by atoms with Crippen LogP contribution in [0, 0.1) is 11.8 Å². The zero-order valence-electron chi connectivity index (χ0n) is 28.2.